The molecule has 0 saturated carbocycles. The first-order chi connectivity index (χ1) is 9.36. The maximum atomic E-state index is 11.7. The van der Waals surface area contributed by atoms with Crippen LogP contribution in [0.4, 0.5) is 22.7 Å². The standard InChI is InChI=1S/C13H14N4O2S/c1-20(18,19)13-8-10(15)4-7-12(13)17-16-11-5-2-9(14)3-6-11/h2-8H,14-15H2,1H3. The fraction of sp³-hybridized carbons (Fsp3) is 0.0769. The Morgan fingerprint density at radius 2 is 1.50 bits per heavy atom. The summed E-state index contributed by atoms with van der Waals surface area (Å²) in [5.74, 6) is 0. The molecule has 0 bridgehead atoms. The first-order valence-electron chi connectivity index (χ1n) is 5.73. The summed E-state index contributed by atoms with van der Waals surface area (Å²) in [6.07, 6.45) is 1.10. The minimum atomic E-state index is -3.42. The summed E-state index contributed by atoms with van der Waals surface area (Å²) in [6.45, 7) is 0. The van der Waals surface area contributed by atoms with E-state index in [9.17, 15) is 8.42 Å². The van der Waals surface area contributed by atoms with Gasteiger partial charge in [0.2, 0.25) is 0 Å². The number of rotatable bonds is 3. The molecule has 0 heterocycles. The van der Waals surface area contributed by atoms with Crippen LogP contribution in [-0.2, 0) is 9.84 Å². The number of nitrogen functional groups attached to an aromatic ring is 2. The average Bonchev–Trinajstić information content (AvgIpc) is 2.38. The van der Waals surface area contributed by atoms with Crippen molar-refractivity contribution in [2.45, 2.75) is 4.90 Å². The van der Waals surface area contributed by atoms with E-state index in [4.69, 9.17) is 11.5 Å². The Morgan fingerprint density at radius 1 is 0.900 bits per heavy atom. The van der Waals surface area contributed by atoms with Crippen LogP contribution in [0.15, 0.2) is 57.6 Å². The monoisotopic (exact) mass is 290 g/mol. The van der Waals surface area contributed by atoms with Crippen molar-refractivity contribution in [2.75, 3.05) is 17.7 Å². The highest BCUT2D eigenvalue weighted by atomic mass is 32.2. The minimum Gasteiger partial charge on any atom is -0.399 e. The Kier molecular flexibility index (Phi) is 3.71. The lowest BCUT2D eigenvalue weighted by Gasteiger charge is -2.03. The molecule has 0 amide bonds. The minimum absolute atomic E-state index is 0.0525. The molecule has 0 unspecified atom stereocenters. The zero-order valence-electron chi connectivity index (χ0n) is 10.8. The fourth-order valence-electron chi connectivity index (χ4n) is 1.56. The molecule has 0 aliphatic heterocycles. The van der Waals surface area contributed by atoms with Crippen LogP contribution >= 0.6 is 0 Å². The second kappa shape index (κ2) is 5.30. The van der Waals surface area contributed by atoms with Crippen molar-refractivity contribution in [2.24, 2.45) is 10.2 Å². The highest BCUT2D eigenvalue weighted by Gasteiger charge is 2.13. The average molecular weight is 290 g/mol. The molecule has 7 heteroatoms. The highest BCUT2D eigenvalue weighted by molar-refractivity contribution is 7.90. The van der Waals surface area contributed by atoms with E-state index in [2.05, 4.69) is 10.2 Å². The van der Waals surface area contributed by atoms with Crippen LogP contribution in [0, 0.1) is 0 Å². The predicted molar refractivity (Wildman–Crippen MR) is 79.0 cm³/mol. The predicted octanol–water partition coefficient (Wildman–Crippen LogP) is 2.67. The van der Waals surface area contributed by atoms with Crippen LogP contribution < -0.4 is 11.5 Å². The summed E-state index contributed by atoms with van der Waals surface area (Å²) in [5.41, 5.74) is 13.0. The zero-order valence-corrected chi connectivity index (χ0v) is 11.6. The molecular weight excluding hydrogens is 276 g/mol. The lowest BCUT2D eigenvalue weighted by molar-refractivity contribution is 0.602. The van der Waals surface area contributed by atoms with E-state index in [1.165, 1.54) is 12.1 Å². The fourth-order valence-corrected chi connectivity index (χ4v) is 2.40. The smallest absolute Gasteiger partial charge is 0.177 e. The molecule has 2 aromatic carbocycles. The number of nitrogens with two attached hydrogens (primary N) is 2. The second-order valence-electron chi connectivity index (χ2n) is 4.29. The van der Waals surface area contributed by atoms with E-state index < -0.39 is 9.84 Å². The number of anilines is 2. The maximum absolute atomic E-state index is 11.7. The summed E-state index contributed by atoms with van der Waals surface area (Å²) in [6, 6.07) is 11.2. The van der Waals surface area contributed by atoms with Crippen molar-refractivity contribution in [1.29, 1.82) is 0 Å². The number of sulfone groups is 1. The van der Waals surface area contributed by atoms with Crippen LogP contribution in [0.25, 0.3) is 0 Å². The molecule has 104 valence electrons. The first kappa shape index (κ1) is 14.0. The quantitative estimate of drug-likeness (QED) is 0.668. The van der Waals surface area contributed by atoms with E-state index in [-0.39, 0.29) is 10.6 Å². The van der Waals surface area contributed by atoms with Gasteiger partial charge in [-0.3, -0.25) is 0 Å². The van der Waals surface area contributed by atoms with E-state index in [1.807, 2.05) is 0 Å². The third-order valence-electron chi connectivity index (χ3n) is 2.55. The van der Waals surface area contributed by atoms with Gasteiger partial charge in [-0.05, 0) is 42.5 Å². The Labute approximate surface area is 117 Å². The Balaban J connectivity index is 2.41. The van der Waals surface area contributed by atoms with Gasteiger partial charge >= 0.3 is 0 Å². The highest BCUT2D eigenvalue weighted by Crippen LogP contribution is 2.28. The van der Waals surface area contributed by atoms with Gasteiger partial charge in [-0.2, -0.15) is 5.11 Å². The number of hydrogen-bond acceptors (Lipinski definition) is 6. The number of benzene rings is 2. The molecule has 0 saturated heterocycles. The van der Waals surface area contributed by atoms with Gasteiger partial charge < -0.3 is 11.5 Å². The Bertz CT molecular complexity index is 752. The van der Waals surface area contributed by atoms with E-state index in [0.29, 0.717) is 17.1 Å². The number of hydrogen-bond donors (Lipinski definition) is 2. The molecule has 20 heavy (non-hydrogen) atoms. The van der Waals surface area contributed by atoms with E-state index >= 15 is 0 Å². The summed E-state index contributed by atoms with van der Waals surface area (Å²) >= 11 is 0. The van der Waals surface area contributed by atoms with Crippen LogP contribution in [0.5, 0.6) is 0 Å². The molecule has 0 aliphatic rings. The molecule has 4 N–H and O–H groups in total. The maximum Gasteiger partial charge on any atom is 0.177 e. The largest absolute Gasteiger partial charge is 0.399 e. The molecule has 0 fully saturated rings. The molecule has 2 aromatic rings. The first-order valence-corrected chi connectivity index (χ1v) is 7.62. The molecule has 2 rings (SSSR count). The lowest BCUT2D eigenvalue weighted by atomic mass is 10.3. The van der Waals surface area contributed by atoms with Crippen LogP contribution in [0.1, 0.15) is 0 Å². The van der Waals surface area contributed by atoms with Crippen molar-refractivity contribution in [3.8, 4) is 0 Å². The van der Waals surface area contributed by atoms with Gasteiger partial charge in [0.05, 0.1) is 10.6 Å². The molecular formula is C13H14N4O2S. The van der Waals surface area contributed by atoms with Crippen LogP contribution in [-0.4, -0.2) is 14.7 Å². The zero-order chi connectivity index (χ0) is 14.8. The van der Waals surface area contributed by atoms with Crippen molar-refractivity contribution in [3.63, 3.8) is 0 Å². The normalized spacial score (nSPS) is 11.8. The van der Waals surface area contributed by atoms with Crippen molar-refractivity contribution < 1.29 is 8.42 Å². The molecule has 0 spiro atoms. The van der Waals surface area contributed by atoms with Gasteiger partial charge in [0, 0.05) is 17.6 Å². The lowest BCUT2D eigenvalue weighted by Crippen LogP contribution is -1.98. The van der Waals surface area contributed by atoms with Gasteiger partial charge in [-0.1, -0.05) is 0 Å². The van der Waals surface area contributed by atoms with E-state index in [1.54, 1.807) is 30.3 Å². The summed E-state index contributed by atoms with van der Waals surface area (Å²) in [7, 11) is -3.42. The molecule has 0 atom stereocenters. The Morgan fingerprint density at radius 3 is 2.10 bits per heavy atom. The summed E-state index contributed by atoms with van der Waals surface area (Å²) in [4.78, 5) is 0.0525. The molecule has 0 radical (unpaired) electrons. The van der Waals surface area contributed by atoms with Gasteiger partial charge in [-0.25, -0.2) is 8.42 Å². The Hall–Kier alpha value is -2.41. The second-order valence-corrected chi connectivity index (χ2v) is 6.28. The third-order valence-corrected chi connectivity index (χ3v) is 3.68. The van der Waals surface area contributed by atoms with Crippen molar-refractivity contribution >= 4 is 32.6 Å². The molecule has 0 aromatic heterocycles. The third kappa shape index (κ3) is 3.33. The van der Waals surface area contributed by atoms with Crippen LogP contribution in [0.3, 0.4) is 0 Å². The SMILES string of the molecule is CS(=O)(=O)c1cc(N)ccc1N=Nc1ccc(N)cc1. The van der Waals surface area contributed by atoms with Gasteiger partial charge in [0.25, 0.3) is 0 Å². The van der Waals surface area contributed by atoms with Gasteiger partial charge in [0.1, 0.15) is 5.69 Å². The van der Waals surface area contributed by atoms with Gasteiger partial charge in [-0.15, -0.1) is 5.11 Å². The number of azo groups is 1. The summed E-state index contributed by atoms with van der Waals surface area (Å²) in [5, 5.41) is 7.95. The van der Waals surface area contributed by atoms with Gasteiger partial charge in [0.15, 0.2) is 9.84 Å². The van der Waals surface area contributed by atoms with Crippen molar-refractivity contribution in [3.05, 3.63) is 42.5 Å². The summed E-state index contributed by atoms with van der Waals surface area (Å²) < 4.78 is 23.4. The van der Waals surface area contributed by atoms with Crippen molar-refractivity contribution in [1.82, 2.24) is 0 Å². The molecule has 0 aliphatic carbocycles. The number of nitrogens with zero attached hydrogens (tertiary/aromatic N) is 2. The van der Waals surface area contributed by atoms with E-state index in [0.717, 1.165) is 6.26 Å². The topological polar surface area (TPSA) is 111 Å². The van der Waals surface area contributed by atoms with Crippen LogP contribution in [0.2, 0.25) is 0 Å². The molecule has 6 nitrogen and oxygen atoms in total.